The molecule has 2 heterocycles. The number of aryl methyl sites for hydroxylation is 1. The molecule has 1 atom stereocenters. The number of hydrogen-bond acceptors (Lipinski definition) is 7. The Morgan fingerprint density at radius 1 is 1.06 bits per heavy atom. The van der Waals surface area contributed by atoms with Crippen LogP contribution in [0.25, 0.3) is 11.8 Å². The van der Waals surface area contributed by atoms with Crippen molar-refractivity contribution >= 4 is 35.0 Å². The molecular formula is C24H21N5O3S. The summed E-state index contributed by atoms with van der Waals surface area (Å²) in [6, 6.07) is 22.4. The van der Waals surface area contributed by atoms with Gasteiger partial charge in [0, 0.05) is 4.88 Å². The Balaban J connectivity index is 1.48. The largest absolute Gasteiger partial charge is 0.451 e. The highest BCUT2D eigenvalue weighted by molar-refractivity contribution is 7.10. The fourth-order valence-electron chi connectivity index (χ4n) is 3.20. The summed E-state index contributed by atoms with van der Waals surface area (Å²) in [4.78, 5) is 26.6. The molecule has 9 heteroatoms. The summed E-state index contributed by atoms with van der Waals surface area (Å²) >= 11 is 1.54. The standard InChI is InChI=1S/C24H21N5O3S/c1-17-26-27-28-29(17)20(15-18-9-4-2-5-10-18)24(31)32-16-22(30)25-23(21-13-8-14-33-21)19-11-6-3-7-12-19/h2-15,23H,16H2,1H3,(H,25,30)/b20-15-. The van der Waals surface area contributed by atoms with E-state index in [-0.39, 0.29) is 11.7 Å². The molecule has 0 aliphatic carbocycles. The highest BCUT2D eigenvalue weighted by Crippen LogP contribution is 2.25. The van der Waals surface area contributed by atoms with Gasteiger partial charge in [-0.05, 0) is 46.0 Å². The van der Waals surface area contributed by atoms with Crippen molar-refractivity contribution in [1.82, 2.24) is 25.5 Å². The first-order valence-electron chi connectivity index (χ1n) is 10.2. The zero-order valence-electron chi connectivity index (χ0n) is 17.8. The number of nitrogens with one attached hydrogen (secondary N) is 1. The van der Waals surface area contributed by atoms with Crippen molar-refractivity contribution in [2.75, 3.05) is 6.61 Å². The maximum atomic E-state index is 12.9. The Morgan fingerprint density at radius 3 is 2.42 bits per heavy atom. The van der Waals surface area contributed by atoms with Crippen molar-refractivity contribution in [3.8, 4) is 0 Å². The normalized spacial score (nSPS) is 12.2. The van der Waals surface area contributed by atoms with Gasteiger partial charge in [0.05, 0.1) is 6.04 Å². The van der Waals surface area contributed by atoms with Gasteiger partial charge < -0.3 is 10.1 Å². The molecule has 1 N–H and O–H groups in total. The van der Waals surface area contributed by atoms with E-state index in [1.54, 1.807) is 24.3 Å². The van der Waals surface area contributed by atoms with Crippen LogP contribution in [-0.2, 0) is 14.3 Å². The molecule has 0 bridgehead atoms. The predicted molar refractivity (Wildman–Crippen MR) is 125 cm³/mol. The lowest BCUT2D eigenvalue weighted by atomic mass is 10.1. The number of carbonyl (C=O) groups excluding carboxylic acids is 2. The van der Waals surface area contributed by atoms with Gasteiger partial charge in [0.1, 0.15) is 0 Å². The van der Waals surface area contributed by atoms with Crippen LogP contribution in [0.3, 0.4) is 0 Å². The lowest BCUT2D eigenvalue weighted by Gasteiger charge is -2.18. The monoisotopic (exact) mass is 459 g/mol. The minimum Gasteiger partial charge on any atom is -0.451 e. The molecule has 0 aliphatic heterocycles. The molecule has 33 heavy (non-hydrogen) atoms. The molecule has 1 unspecified atom stereocenters. The smallest absolute Gasteiger partial charge is 0.357 e. The molecule has 0 saturated carbocycles. The summed E-state index contributed by atoms with van der Waals surface area (Å²) in [7, 11) is 0. The molecule has 0 radical (unpaired) electrons. The molecule has 8 nitrogen and oxygen atoms in total. The summed E-state index contributed by atoms with van der Waals surface area (Å²) in [6.07, 6.45) is 1.61. The molecule has 0 spiro atoms. The molecule has 2 aromatic carbocycles. The summed E-state index contributed by atoms with van der Waals surface area (Å²) in [5.41, 5.74) is 1.81. The van der Waals surface area contributed by atoms with Crippen LogP contribution in [0.1, 0.15) is 27.9 Å². The number of rotatable bonds is 8. The maximum Gasteiger partial charge on any atom is 0.357 e. The summed E-state index contributed by atoms with van der Waals surface area (Å²) in [6.45, 7) is 1.23. The van der Waals surface area contributed by atoms with Crippen molar-refractivity contribution in [2.24, 2.45) is 0 Å². The van der Waals surface area contributed by atoms with Crippen molar-refractivity contribution in [1.29, 1.82) is 0 Å². The van der Waals surface area contributed by atoms with Crippen LogP contribution >= 0.6 is 11.3 Å². The van der Waals surface area contributed by atoms with Crippen LogP contribution in [0.5, 0.6) is 0 Å². The molecule has 166 valence electrons. The van der Waals surface area contributed by atoms with Crippen molar-refractivity contribution in [2.45, 2.75) is 13.0 Å². The Labute approximate surface area is 194 Å². The Bertz CT molecular complexity index is 1240. The first kappa shape index (κ1) is 22.1. The van der Waals surface area contributed by atoms with Crippen LogP contribution < -0.4 is 5.32 Å². The molecule has 0 aliphatic rings. The lowest BCUT2D eigenvalue weighted by molar-refractivity contribution is -0.143. The van der Waals surface area contributed by atoms with E-state index in [4.69, 9.17) is 4.74 Å². The number of esters is 1. The predicted octanol–water partition coefficient (Wildman–Crippen LogP) is 3.49. The third-order valence-electron chi connectivity index (χ3n) is 4.77. The number of aromatic nitrogens is 4. The summed E-state index contributed by atoms with van der Waals surface area (Å²) < 4.78 is 6.62. The van der Waals surface area contributed by atoms with Crippen LogP contribution in [0.15, 0.2) is 78.2 Å². The van der Waals surface area contributed by atoms with E-state index in [1.807, 2.05) is 78.2 Å². The molecular weight excluding hydrogens is 438 g/mol. The van der Waals surface area contributed by atoms with Crippen LogP contribution in [0, 0.1) is 6.92 Å². The lowest BCUT2D eigenvalue weighted by Crippen LogP contribution is -2.33. The number of thiophene rings is 1. The van der Waals surface area contributed by atoms with E-state index >= 15 is 0 Å². The van der Waals surface area contributed by atoms with Gasteiger partial charge in [-0.15, -0.1) is 16.4 Å². The van der Waals surface area contributed by atoms with E-state index in [9.17, 15) is 9.59 Å². The van der Waals surface area contributed by atoms with Gasteiger partial charge in [0.15, 0.2) is 18.1 Å². The highest BCUT2D eigenvalue weighted by Gasteiger charge is 2.21. The second kappa shape index (κ2) is 10.5. The Kier molecular flexibility index (Phi) is 7.01. The van der Waals surface area contributed by atoms with Crippen LogP contribution in [0.2, 0.25) is 0 Å². The van der Waals surface area contributed by atoms with Gasteiger partial charge in [-0.2, -0.15) is 4.68 Å². The molecule has 4 aromatic rings. The van der Waals surface area contributed by atoms with E-state index in [2.05, 4.69) is 20.8 Å². The third-order valence-corrected chi connectivity index (χ3v) is 5.70. The topological polar surface area (TPSA) is 99.0 Å². The minimum absolute atomic E-state index is 0.106. The second-order valence-corrected chi connectivity index (χ2v) is 8.06. The van der Waals surface area contributed by atoms with Crippen molar-refractivity contribution in [3.05, 3.63) is 100 Å². The molecule has 4 rings (SSSR count). The summed E-state index contributed by atoms with van der Waals surface area (Å²) in [5.74, 6) is -0.713. The highest BCUT2D eigenvalue weighted by atomic mass is 32.1. The number of nitrogens with zero attached hydrogens (tertiary/aromatic N) is 4. The average Bonchev–Trinajstić information content (AvgIpc) is 3.53. The van der Waals surface area contributed by atoms with Crippen LogP contribution in [-0.4, -0.2) is 38.7 Å². The number of carbonyl (C=O) groups is 2. The fraction of sp³-hybridized carbons (Fsp3) is 0.125. The Hall–Kier alpha value is -4.11. The van der Waals surface area contributed by atoms with Gasteiger partial charge in [-0.1, -0.05) is 66.7 Å². The van der Waals surface area contributed by atoms with E-state index in [1.165, 1.54) is 4.68 Å². The third kappa shape index (κ3) is 5.58. The molecule has 0 fully saturated rings. The molecule has 0 saturated heterocycles. The fourth-order valence-corrected chi connectivity index (χ4v) is 4.00. The van der Waals surface area contributed by atoms with Gasteiger partial charge in [-0.3, -0.25) is 4.79 Å². The van der Waals surface area contributed by atoms with E-state index in [0.29, 0.717) is 5.82 Å². The molecule has 1 amide bonds. The Morgan fingerprint density at radius 2 is 1.79 bits per heavy atom. The minimum atomic E-state index is -0.711. The first-order chi connectivity index (χ1) is 16.1. The van der Waals surface area contributed by atoms with E-state index in [0.717, 1.165) is 16.0 Å². The summed E-state index contributed by atoms with van der Waals surface area (Å²) in [5, 5.41) is 16.2. The van der Waals surface area contributed by atoms with Crippen LogP contribution in [0.4, 0.5) is 0 Å². The first-order valence-corrected chi connectivity index (χ1v) is 11.1. The van der Waals surface area contributed by atoms with E-state index < -0.39 is 18.5 Å². The number of ether oxygens (including phenoxy) is 1. The van der Waals surface area contributed by atoms with Gasteiger partial charge in [-0.25, -0.2) is 4.79 Å². The number of amides is 1. The zero-order valence-corrected chi connectivity index (χ0v) is 18.6. The number of tetrazole rings is 1. The van der Waals surface area contributed by atoms with Gasteiger partial charge in [0.2, 0.25) is 0 Å². The van der Waals surface area contributed by atoms with Crippen molar-refractivity contribution < 1.29 is 14.3 Å². The van der Waals surface area contributed by atoms with Crippen molar-refractivity contribution in [3.63, 3.8) is 0 Å². The molecule has 2 aromatic heterocycles. The SMILES string of the molecule is Cc1nnnn1/C(=C\c1ccccc1)C(=O)OCC(=O)NC(c1ccccc1)c1cccs1. The quantitative estimate of drug-likeness (QED) is 0.320. The maximum absolute atomic E-state index is 12.9. The van der Waals surface area contributed by atoms with Gasteiger partial charge in [0.25, 0.3) is 5.91 Å². The number of benzene rings is 2. The average molecular weight is 460 g/mol. The second-order valence-electron chi connectivity index (χ2n) is 7.08. The number of hydrogen-bond donors (Lipinski definition) is 1. The van der Waals surface area contributed by atoms with Gasteiger partial charge >= 0.3 is 5.97 Å². The zero-order chi connectivity index (χ0) is 23.0.